The Bertz CT molecular complexity index is 465. The highest BCUT2D eigenvalue weighted by Gasteiger charge is 2.13. The molecule has 1 aromatic heterocycles. The van der Waals surface area contributed by atoms with E-state index in [0.717, 1.165) is 0 Å². The smallest absolute Gasteiger partial charge is 0.247 e. The predicted octanol–water partition coefficient (Wildman–Crippen LogP) is -0.639. The van der Waals surface area contributed by atoms with Crippen molar-refractivity contribution in [1.82, 2.24) is 26.3 Å². The van der Waals surface area contributed by atoms with E-state index in [0.29, 0.717) is 10.6 Å². The highest BCUT2D eigenvalue weighted by atomic mass is 32.1. The third-order valence-corrected chi connectivity index (χ3v) is 2.60. The van der Waals surface area contributed by atoms with Gasteiger partial charge >= 0.3 is 0 Å². The number of hydrogen-bond acceptors (Lipinski definition) is 5. The Balaban J connectivity index is 2.51. The van der Waals surface area contributed by atoms with E-state index in [1.807, 2.05) is 0 Å². The molecular weight excluding hydrogens is 266 g/mol. The van der Waals surface area contributed by atoms with Gasteiger partial charge in [-0.25, -0.2) is 5.43 Å². The van der Waals surface area contributed by atoms with Crippen LogP contribution in [0.5, 0.6) is 0 Å². The molecule has 8 heteroatoms. The van der Waals surface area contributed by atoms with E-state index in [-0.39, 0.29) is 6.42 Å². The molecule has 0 aliphatic rings. The molecule has 0 spiro atoms. The second kappa shape index (κ2) is 7.39. The molecule has 0 saturated carbocycles. The minimum Gasteiger partial charge on any atom is -0.291 e. The first-order chi connectivity index (χ1) is 9.04. The number of nitrogens with one attached hydrogen (secondary N) is 3. The van der Waals surface area contributed by atoms with Gasteiger partial charge < -0.3 is 0 Å². The minimum absolute atomic E-state index is 0.291. The lowest BCUT2D eigenvalue weighted by Crippen LogP contribution is -2.45. The van der Waals surface area contributed by atoms with Crippen LogP contribution in [0.4, 0.5) is 0 Å². The maximum absolute atomic E-state index is 11.6. The second-order valence-electron chi connectivity index (χ2n) is 3.62. The molecule has 7 nitrogen and oxygen atoms in total. The van der Waals surface area contributed by atoms with Crippen molar-refractivity contribution >= 4 is 29.0 Å². The molecule has 0 radical (unpaired) electrons. The van der Waals surface area contributed by atoms with Crippen LogP contribution in [-0.2, 0) is 9.59 Å². The van der Waals surface area contributed by atoms with Crippen molar-refractivity contribution in [2.45, 2.75) is 6.42 Å². The first-order valence-electron chi connectivity index (χ1n) is 5.47. The maximum Gasteiger partial charge on any atom is 0.247 e. The Morgan fingerprint density at radius 3 is 2.74 bits per heavy atom. The summed E-state index contributed by atoms with van der Waals surface area (Å²) in [5, 5.41) is 1.38. The number of aromatic nitrogens is 1. The topological polar surface area (TPSA) is 86.4 Å². The monoisotopic (exact) mass is 281 g/mol. The summed E-state index contributed by atoms with van der Waals surface area (Å²) in [5.74, 6) is -0.887. The van der Waals surface area contributed by atoms with E-state index >= 15 is 0 Å². The van der Waals surface area contributed by atoms with Crippen LogP contribution in [0.2, 0.25) is 0 Å². The largest absolute Gasteiger partial charge is 0.291 e. The summed E-state index contributed by atoms with van der Waals surface area (Å²) in [7, 11) is 3.14. The van der Waals surface area contributed by atoms with Gasteiger partial charge in [0.2, 0.25) is 11.8 Å². The van der Waals surface area contributed by atoms with Gasteiger partial charge in [0, 0.05) is 32.1 Å². The van der Waals surface area contributed by atoms with E-state index < -0.39 is 11.8 Å². The van der Waals surface area contributed by atoms with Crippen molar-refractivity contribution in [2.75, 3.05) is 14.1 Å². The van der Waals surface area contributed by atoms with E-state index in [1.54, 1.807) is 38.6 Å². The molecule has 19 heavy (non-hydrogen) atoms. The van der Waals surface area contributed by atoms with E-state index in [2.05, 4.69) is 21.3 Å². The molecule has 102 valence electrons. The minimum atomic E-state index is -0.457. The number of hydrazine groups is 2. The fraction of sp³-hybridized carbons (Fsp3) is 0.273. The molecule has 0 bridgehead atoms. The van der Waals surface area contributed by atoms with Crippen molar-refractivity contribution in [2.24, 2.45) is 0 Å². The van der Waals surface area contributed by atoms with E-state index in [1.165, 1.54) is 5.01 Å². The molecule has 0 saturated heterocycles. The van der Waals surface area contributed by atoms with Crippen LogP contribution in [0.1, 0.15) is 12.0 Å². The summed E-state index contributed by atoms with van der Waals surface area (Å²) < 4.78 is 0. The fourth-order valence-electron chi connectivity index (χ4n) is 1.29. The molecule has 0 unspecified atom stereocenters. The number of hydrogen-bond donors (Lipinski definition) is 3. The third-order valence-electron chi connectivity index (χ3n) is 2.09. The van der Waals surface area contributed by atoms with Crippen LogP contribution in [0.15, 0.2) is 24.5 Å². The normalized spacial score (nSPS) is 9.58. The summed E-state index contributed by atoms with van der Waals surface area (Å²) in [6, 6.07) is 3.53. The SMILES string of the molecule is CNNC(=O)CC(=O)NN(C)C(=S)c1cccnc1. The van der Waals surface area contributed by atoms with Crippen LogP contribution in [-0.4, -0.2) is 40.9 Å². The van der Waals surface area contributed by atoms with Crippen molar-refractivity contribution in [3.63, 3.8) is 0 Å². The van der Waals surface area contributed by atoms with Crippen molar-refractivity contribution in [3.05, 3.63) is 30.1 Å². The Hall–Kier alpha value is -2.06. The molecule has 0 atom stereocenters. The number of thiocarbonyl (C=S) groups is 1. The molecule has 0 fully saturated rings. The Kier molecular flexibility index (Phi) is 5.83. The van der Waals surface area contributed by atoms with Crippen LogP contribution in [0.25, 0.3) is 0 Å². The summed E-state index contributed by atoms with van der Waals surface area (Å²) in [6.45, 7) is 0. The number of rotatable bonds is 4. The molecule has 3 N–H and O–H groups in total. The zero-order chi connectivity index (χ0) is 14.3. The first-order valence-corrected chi connectivity index (χ1v) is 5.88. The standard InChI is InChI=1S/C11H15N5O2S/c1-12-14-9(17)6-10(18)15-16(2)11(19)8-4-3-5-13-7-8/h3-5,7,12H,6H2,1-2H3,(H,14,17)(H,15,18). The van der Waals surface area contributed by atoms with E-state index in [4.69, 9.17) is 12.2 Å². The number of amides is 2. The van der Waals surface area contributed by atoms with Gasteiger partial charge in [-0.15, -0.1) is 0 Å². The molecular formula is C11H15N5O2S. The van der Waals surface area contributed by atoms with Gasteiger partial charge in [-0.2, -0.15) is 0 Å². The zero-order valence-electron chi connectivity index (χ0n) is 10.6. The predicted molar refractivity (Wildman–Crippen MR) is 73.7 cm³/mol. The lowest BCUT2D eigenvalue weighted by atomic mass is 10.3. The van der Waals surface area contributed by atoms with Crippen molar-refractivity contribution < 1.29 is 9.59 Å². The van der Waals surface area contributed by atoms with Gasteiger partial charge in [-0.05, 0) is 12.1 Å². The van der Waals surface area contributed by atoms with Crippen molar-refractivity contribution in [3.8, 4) is 0 Å². The summed E-state index contributed by atoms with van der Waals surface area (Å²) in [4.78, 5) is 27.1. The van der Waals surface area contributed by atoms with Gasteiger partial charge in [0.25, 0.3) is 0 Å². The number of nitrogens with zero attached hydrogens (tertiary/aromatic N) is 2. The highest BCUT2D eigenvalue weighted by molar-refractivity contribution is 7.80. The number of carbonyl (C=O) groups excluding carboxylic acids is 2. The zero-order valence-corrected chi connectivity index (χ0v) is 11.5. The average Bonchev–Trinajstić information content (AvgIpc) is 2.38. The lowest BCUT2D eigenvalue weighted by Gasteiger charge is -2.20. The number of carbonyl (C=O) groups is 2. The average molecular weight is 281 g/mol. The van der Waals surface area contributed by atoms with Crippen LogP contribution in [0, 0.1) is 0 Å². The molecule has 0 aliphatic heterocycles. The molecule has 1 aromatic rings. The Morgan fingerprint density at radius 2 is 2.16 bits per heavy atom. The maximum atomic E-state index is 11.6. The lowest BCUT2D eigenvalue weighted by molar-refractivity contribution is -0.131. The summed E-state index contributed by atoms with van der Waals surface area (Å²) in [5.41, 5.74) is 7.96. The first kappa shape index (κ1) is 15.0. The quantitative estimate of drug-likeness (QED) is 0.387. The summed E-state index contributed by atoms with van der Waals surface area (Å²) >= 11 is 5.18. The fourth-order valence-corrected chi connectivity index (χ4v) is 1.46. The van der Waals surface area contributed by atoms with Crippen LogP contribution < -0.4 is 16.3 Å². The van der Waals surface area contributed by atoms with Gasteiger partial charge in [0.15, 0.2) is 0 Å². The van der Waals surface area contributed by atoms with Crippen LogP contribution >= 0.6 is 12.2 Å². The van der Waals surface area contributed by atoms with Crippen LogP contribution in [0.3, 0.4) is 0 Å². The van der Waals surface area contributed by atoms with Gasteiger partial charge in [0.1, 0.15) is 11.4 Å². The highest BCUT2D eigenvalue weighted by Crippen LogP contribution is 2.01. The molecule has 1 heterocycles. The Labute approximate surface area is 116 Å². The second-order valence-corrected chi connectivity index (χ2v) is 4.00. The van der Waals surface area contributed by atoms with Crippen molar-refractivity contribution in [1.29, 1.82) is 0 Å². The molecule has 1 rings (SSSR count). The molecule has 0 aromatic carbocycles. The number of pyridine rings is 1. The molecule has 0 aliphatic carbocycles. The Morgan fingerprint density at radius 1 is 1.42 bits per heavy atom. The van der Waals surface area contributed by atoms with Gasteiger partial charge in [0.05, 0.1) is 0 Å². The summed E-state index contributed by atoms with van der Waals surface area (Å²) in [6.07, 6.45) is 2.94. The van der Waals surface area contributed by atoms with Gasteiger partial charge in [-0.1, -0.05) is 12.2 Å². The van der Waals surface area contributed by atoms with E-state index in [9.17, 15) is 9.59 Å². The third kappa shape index (κ3) is 4.98. The molecule has 2 amide bonds. The van der Waals surface area contributed by atoms with Gasteiger partial charge in [-0.3, -0.25) is 30.4 Å².